The van der Waals surface area contributed by atoms with Gasteiger partial charge in [0.2, 0.25) is 0 Å². The van der Waals surface area contributed by atoms with Gasteiger partial charge in [-0.1, -0.05) is 23.9 Å². The Balaban J connectivity index is 2.34. The Kier molecular flexibility index (Phi) is 3.41. The van der Waals surface area contributed by atoms with E-state index in [2.05, 4.69) is 12.6 Å². The number of thiol groups is 1. The van der Waals surface area contributed by atoms with Crippen molar-refractivity contribution in [1.82, 2.24) is 0 Å². The van der Waals surface area contributed by atoms with Crippen molar-refractivity contribution in [1.29, 1.82) is 0 Å². The maximum absolute atomic E-state index is 13.4. The number of phenolic OH excluding ortho intramolecular Hbond substituents is 1. The van der Waals surface area contributed by atoms with Crippen molar-refractivity contribution >= 4 is 24.4 Å². The highest BCUT2D eigenvalue weighted by molar-refractivity contribution is 7.99. The zero-order chi connectivity index (χ0) is 11.5. The van der Waals surface area contributed by atoms with Gasteiger partial charge in [0, 0.05) is 14.7 Å². The van der Waals surface area contributed by atoms with Crippen molar-refractivity contribution in [3.63, 3.8) is 0 Å². The summed E-state index contributed by atoms with van der Waals surface area (Å²) in [5, 5.41) is 9.34. The third kappa shape index (κ3) is 2.51. The molecule has 0 spiro atoms. The minimum atomic E-state index is -0.274. The first kappa shape index (κ1) is 11.4. The number of hydrogen-bond acceptors (Lipinski definition) is 3. The van der Waals surface area contributed by atoms with Gasteiger partial charge in [-0.25, -0.2) is 4.39 Å². The normalized spacial score (nSPS) is 10.4. The van der Waals surface area contributed by atoms with E-state index < -0.39 is 0 Å². The summed E-state index contributed by atoms with van der Waals surface area (Å²) in [4.78, 5) is 1.96. The van der Waals surface area contributed by atoms with E-state index in [0.717, 1.165) is 4.90 Å². The first-order valence-electron chi connectivity index (χ1n) is 4.61. The number of benzene rings is 2. The van der Waals surface area contributed by atoms with Gasteiger partial charge in [0.25, 0.3) is 0 Å². The van der Waals surface area contributed by atoms with Crippen LogP contribution < -0.4 is 0 Å². The maximum atomic E-state index is 13.4. The summed E-state index contributed by atoms with van der Waals surface area (Å²) >= 11 is 5.50. The quantitative estimate of drug-likeness (QED) is 0.789. The molecule has 0 heterocycles. The number of hydrogen-bond donors (Lipinski definition) is 2. The summed E-state index contributed by atoms with van der Waals surface area (Å²) in [5.41, 5.74) is 0. The monoisotopic (exact) mass is 252 g/mol. The van der Waals surface area contributed by atoms with Gasteiger partial charge < -0.3 is 5.11 Å². The van der Waals surface area contributed by atoms with Crippen LogP contribution in [0.2, 0.25) is 0 Å². The molecule has 2 aromatic rings. The molecule has 0 aromatic heterocycles. The van der Waals surface area contributed by atoms with Gasteiger partial charge >= 0.3 is 0 Å². The Morgan fingerprint density at radius 2 is 1.81 bits per heavy atom. The Labute approximate surface area is 103 Å². The molecule has 16 heavy (non-hydrogen) atoms. The van der Waals surface area contributed by atoms with Crippen molar-refractivity contribution in [3.05, 3.63) is 48.3 Å². The van der Waals surface area contributed by atoms with Crippen LogP contribution >= 0.6 is 24.4 Å². The molecule has 0 atom stereocenters. The molecule has 0 fully saturated rings. The topological polar surface area (TPSA) is 20.2 Å². The number of rotatable bonds is 2. The Morgan fingerprint density at radius 3 is 2.56 bits per heavy atom. The van der Waals surface area contributed by atoms with Gasteiger partial charge in [0.15, 0.2) is 0 Å². The van der Waals surface area contributed by atoms with Crippen molar-refractivity contribution in [2.75, 3.05) is 0 Å². The smallest absolute Gasteiger partial charge is 0.137 e. The van der Waals surface area contributed by atoms with Gasteiger partial charge in [-0.05, 0) is 30.3 Å². The van der Waals surface area contributed by atoms with Crippen LogP contribution in [0.5, 0.6) is 5.75 Å². The van der Waals surface area contributed by atoms with Crippen molar-refractivity contribution in [2.45, 2.75) is 14.7 Å². The number of phenols is 1. The lowest BCUT2D eigenvalue weighted by atomic mass is 10.3. The zero-order valence-corrected chi connectivity index (χ0v) is 9.93. The summed E-state index contributed by atoms with van der Waals surface area (Å²) in [5.74, 6) is -0.125. The Bertz CT molecular complexity index is 514. The molecular formula is C12H9FOS2. The third-order valence-electron chi connectivity index (χ3n) is 2.00. The molecule has 2 aromatic carbocycles. The first-order valence-corrected chi connectivity index (χ1v) is 5.87. The maximum Gasteiger partial charge on any atom is 0.137 e. The predicted octanol–water partition coefficient (Wildman–Crippen LogP) is 3.97. The highest BCUT2D eigenvalue weighted by Gasteiger charge is 2.06. The standard InChI is InChI=1S/C12H9FOS2/c13-9-3-1-2-4-11(9)16-12-7-8(14)5-6-10(12)15/h1-7,14-15H. The molecule has 82 valence electrons. The molecular weight excluding hydrogens is 243 g/mol. The van der Waals surface area contributed by atoms with Crippen LogP contribution in [-0.4, -0.2) is 5.11 Å². The van der Waals surface area contributed by atoms with Crippen LogP contribution in [0, 0.1) is 5.82 Å². The molecule has 0 unspecified atom stereocenters. The van der Waals surface area contributed by atoms with Crippen LogP contribution in [0.15, 0.2) is 57.2 Å². The lowest BCUT2D eigenvalue weighted by Gasteiger charge is -2.06. The van der Waals surface area contributed by atoms with Crippen LogP contribution in [0.1, 0.15) is 0 Å². The Morgan fingerprint density at radius 1 is 1.06 bits per heavy atom. The predicted molar refractivity (Wildman–Crippen MR) is 65.9 cm³/mol. The van der Waals surface area contributed by atoms with E-state index in [1.807, 2.05) is 0 Å². The fourth-order valence-corrected chi connectivity index (χ4v) is 2.41. The van der Waals surface area contributed by atoms with Crippen LogP contribution in [-0.2, 0) is 0 Å². The molecule has 0 amide bonds. The summed E-state index contributed by atoms with van der Waals surface area (Å²) in [7, 11) is 0. The number of aromatic hydroxyl groups is 1. The van der Waals surface area contributed by atoms with E-state index in [1.165, 1.54) is 17.8 Å². The van der Waals surface area contributed by atoms with Crippen LogP contribution in [0.25, 0.3) is 0 Å². The second-order valence-electron chi connectivity index (χ2n) is 3.18. The molecule has 2 rings (SSSR count). The van der Waals surface area contributed by atoms with E-state index in [-0.39, 0.29) is 11.6 Å². The highest BCUT2D eigenvalue weighted by Crippen LogP contribution is 2.35. The summed E-state index contributed by atoms with van der Waals surface area (Å²) in [6, 6.07) is 11.3. The fourth-order valence-electron chi connectivity index (χ4n) is 1.23. The average molecular weight is 252 g/mol. The third-order valence-corrected chi connectivity index (χ3v) is 3.65. The fraction of sp³-hybridized carbons (Fsp3) is 0. The molecule has 1 nitrogen and oxygen atoms in total. The molecule has 0 aliphatic rings. The summed E-state index contributed by atoms with van der Waals surface area (Å²) < 4.78 is 13.4. The van der Waals surface area contributed by atoms with Crippen molar-refractivity contribution in [2.24, 2.45) is 0 Å². The molecule has 0 aliphatic carbocycles. The molecule has 0 aliphatic heterocycles. The van der Waals surface area contributed by atoms with Crippen LogP contribution in [0.3, 0.4) is 0 Å². The molecule has 1 N–H and O–H groups in total. The van der Waals surface area contributed by atoms with E-state index >= 15 is 0 Å². The van der Waals surface area contributed by atoms with Gasteiger partial charge in [-0.3, -0.25) is 0 Å². The van der Waals surface area contributed by atoms with Crippen molar-refractivity contribution < 1.29 is 9.50 Å². The van der Waals surface area contributed by atoms with Gasteiger partial charge in [0.1, 0.15) is 11.6 Å². The van der Waals surface area contributed by atoms with Gasteiger partial charge in [0.05, 0.1) is 0 Å². The van der Waals surface area contributed by atoms with Gasteiger partial charge in [-0.15, -0.1) is 12.6 Å². The molecule has 0 bridgehead atoms. The van der Waals surface area contributed by atoms with Crippen molar-refractivity contribution in [3.8, 4) is 5.75 Å². The largest absolute Gasteiger partial charge is 0.508 e. The molecule has 0 saturated heterocycles. The lowest BCUT2D eigenvalue weighted by molar-refractivity contribution is 0.473. The Hall–Kier alpha value is -1.13. The van der Waals surface area contributed by atoms with E-state index in [9.17, 15) is 9.50 Å². The second kappa shape index (κ2) is 4.80. The minimum absolute atomic E-state index is 0.150. The summed E-state index contributed by atoms with van der Waals surface area (Å²) in [6.45, 7) is 0. The SMILES string of the molecule is Oc1ccc(S)c(Sc2ccccc2F)c1. The lowest BCUT2D eigenvalue weighted by Crippen LogP contribution is -1.81. The first-order chi connectivity index (χ1) is 7.66. The highest BCUT2D eigenvalue weighted by atomic mass is 32.2. The van der Waals surface area contributed by atoms with E-state index in [0.29, 0.717) is 9.79 Å². The minimum Gasteiger partial charge on any atom is -0.508 e. The number of halogens is 1. The van der Waals surface area contributed by atoms with E-state index in [1.54, 1.807) is 36.4 Å². The molecule has 4 heteroatoms. The zero-order valence-electron chi connectivity index (χ0n) is 8.22. The summed E-state index contributed by atoms with van der Waals surface area (Å²) in [6.07, 6.45) is 0. The van der Waals surface area contributed by atoms with Crippen LogP contribution in [0.4, 0.5) is 4.39 Å². The molecule has 0 saturated carbocycles. The van der Waals surface area contributed by atoms with E-state index in [4.69, 9.17) is 0 Å². The van der Waals surface area contributed by atoms with Gasteiger partial charge in [-0.2, -0.15) is 0 Å². The molecule has 0 radical (unpaired) electrons. The average Bonchev–Trinajstić information content (AvgIpc) is 2.27. The second-order valence-corrected chi connectivity index (χ2v) is 4.75.